The number of ether oxygens (including phenoxy) is 1. The molecular weight excluding hydrogens is 460 g/mol. The third-order valence-corrected chi connectivity index (χ3v) is 7.27. The van der Waals surface area contributed by atoms with Crippen LogP contribution < -0.4 is 31.9 Å². The van der Waals surface area contributed by atoms with Gasteiger partial charge in [-0.05, 0) is 62.8 Å². The Kier molecular flexibility index (Phi) is 6.80. The van der Waals surface area contributed by atoms with Gasteiger partial charge in [0.15, 0.2) is 0 Å². The van der Waals surface area contributed by atoms with Crippen LogP contribution in [0.15, 0.2) is 41.2 Å². The number of nitrogens with one attached hydrogen (secondary N) is 5. The SMILES string of the molecule is COc1cc(NC(=O)C2CCC(n3c(=O)[nH]c4c(NC(=O)C5CCNN5)cccc43)CC2)ccc1C. The molecule has 2 aliphatic rings. The lowest BCUT2D eigenvalue weighted by molar-refractivity contribution is -0.121. The number of imidazole rings is 1. The first-order valence-electron chi connectivity index (χ1n) is 12.4. The molecule has 36 heavy (non-hydrogen) atoms. The first kappa shape index (κ1) is 24.1. The van der Waals surface area contributed by atoms with E-state index in [1.165, 1.54) is 0 Å². The summed E-state index contributed by atoms with van der Waals surface area (Å²) in [5, 5.41) is 5.95. The summed E-state index contributed by atoms with van der Waals surface area (Å²) in [6, 6.07) is 10.8. The van der Waals surface area contributed by atoms with Crippen LogP contribution in [0.25, 0.3) is 11.0 Å². The van der Waals surface area contributed by atoms with Gasteiger partial charge in [-0.2, -0.15) is 0 Å². The highest BCUT2D eigenvalue weighted by Crippen LogP contribution is 2.35. The molecule has 0 spiro atoms. The van der Waals surface area contributed by atoms with Crippen molar-refractivity contribution >= 4 is 34.2 Å². The van der Waals surface area contributed by atoms with Crippen molar-refractivity contribution in [2.45, 2.75) is 51.1 Å². The number of carbonyl (C=O) groups excluding carboxylic acids is 2. The first-order valence-corrected chi connectivity index (χ1v) is 12.4. The number of anilines is 2. The molecule has 1 atom stereocenters. The van der Waals surface area contributed by atoms with Crippen LogP contribution in [0.5, 0.6) is 5.75 Å². The molecule has 1 saturated heterocycles. The van der Waals surface area contributed by atoms with Crippen LogP contribution in [0.3, 0.4) is 0 Å². The monoisotopic (exact) mass is 492 g/mol. The van der Waals surface area contributed by atoms with E-state index >= 15 is 0 Å². The molecule has 1 aliphatic heterocycles. The van der Waals surface area contributed by atoms with Crippen LogP contribution in [0, 0.1) is 12.8 Å². The van der Waals surface area contributed by atoms with Gasteiger partial charge >= 0.3 is 5.69 Å². The third kappa shape index (κ3) is 4.74. The maximum Gasteiger partial charge on any atom is 0.326 e. The molecule has 2 amide bonds. The van der Waals surface area contributed by atoms with Crippen LogP contribution in [0.2, 0.25) is 0 Å². The number of fused-ring (bicyclic) bond motifs is 1. The van der Waals surface area contributed by atoms with Crippen molar-refractivity contribution in [3.05, 3.63) is 52.4 Å². The Morgan fingerprint density at radius 2 is 1.83 bits per heavy atom. The Bertz CT molecular complexity index is 1330. The normalized spacial score (nSPS) is 21.9. The second kappa shape index (κ2) is 10.2. The minimum Gasteiger partial charge on any atom is -0.496 e. The number of methoxy groups -OCH3 is 1. The molecule has 1 unspecified atom stereocenters. The van der Waals surface area contributed by atoms with Gasteiger partial charge in [-0.3, -0.25) is 19.6 Å². The van der Waals surface area contributed by atoms with Crippen molar-refractivity contribution in [2.75, 3.05) is 24.3 Å². The van der Waals surface area contributed by atoms with Crippen molar-refractivity contribution < 1.29 is 14.3 Å². The smallest absolute Gasteiger partial charge is 0.326 e. The Balaban J connectivity index is 1.27. The second-order valence-electron chi connectivity index (χ2n) is 9.58. The molecule has 190 valence electrons. The molecule has 2 heterocycles. The molecule has 5 N–H and O–H groups in total. The van der Waals surface area contributed by atoms with Gasteiger partial charge in [0.2, 0.25) is 11.8 Å². The number of nitrogens with zero attached hydrogens (tertiary/aromatic N) is 1. The van der Waals surface area contributed by atoms with Crippen molar-refractivity contribution in [3.63, 3.8) is 0 Å². The van der Waals surface area contributed by atoms with Crippen molar-refractivity contribution in [1.82, 2.24) is 20.4 Å². The summed E-state index contributed by atoms with van der Waals surface area (Å²) in [7, 11) is 1.61. The number of hydrogen-bond acceptors (Lipinski definition) is 6. The predicted molar refractivity (Wildman–Crippen MR) is 138 cm³/mol. The molecule has 2 fully saturated rings. The minimum absolute atomic E-state index is 0.00867. The average Bonchev–Trinajstić information content (AvgIpc) is 3.54. The zero-order chi connectivity index (χ0) is 25.2. The van der Waals surface area contributed by atoms with Gasteiger partial charge in [-0.25, -0.2) is 10.2 Å². The summed E-state index contributed by atoms with van der Waals surface area (Å²) in [6.45, 7) is 2.69. The number of hydrogen-bond donors (Lipinski definition) is 5. The van der Waals surface area contributed by atoms with E-state index in [9.17, 15) is 14.4 Å². The molecule has 3 aromatic rings. The van der Waals surface area contributed by atoms with E-state index < -0.39 is 0 Å². The van der Waals surface area contributed by atoms with Gasteiger partial charge in [0.25, 0.3) is 0 Å². The highest BCUT2D eigenvalue weighted by molar-refractivity contribution is 6.01. The van der Waals surface area contributed by atoms with Crippen LogP contribution in [-0.4, -0.2) is 41.1 Å². The summed E-state index contributed by atoms with van der Waals surface area (Å²) in [5.41, 5.74) is 9.40. The van der Waals surface area contributed by atoms with Crippen LogP contribution in [0.4, 0.5) is 11.4 Å². The fourth-order valence-corrected chi connectivity index (χ4v) is 5.25. The van der Waals surface area contributed by atoms with Crippen LogP contribution in [0.1, 0.15) is 43.7 Å². The Labute approximate surface area is 208 Å². The summed E-state index contributed by atoms with van der Waals surface area (Å²) in [5.74, 6) is 0.475. The van der Waals surface area contributed by atoms with E-state index in [-0.39, 0.29) is 35.5 Å². The van der Waals surface area contributed by atoms with Crippen molar-refractivity contribution in [2.24, 2.45) is 5.92 Å². The lowest BCUT2D eigenvalue weighted by Gasteiger charge is -2.28. The number of hydrazine groups is 1. The van der Waals surface area contributed by atoms with Gasteiger partial charge in [-0.1, -0.05) is 12.1 Å². The summed E-state index contributed by atoms with van der Waals surface area (Å²) < 4.78 is 7.13. The number of aryl methyl sites for hydroxylation is 1. The highest BCUT2D eigenvalue weighted by Gasteiger charge is 2.30. The van der Waals surface area contributed by atoms with E-state index in [4.69, 9.17) is 4.74 Å². The van der Waals surface area contributed by atoms with E-state index in [1.807, 2.05) is 37.3 Å². The number of carbonyl (C=O) groups is 2. The zero-order valence-electron chi connectivity index (χ0n) is 20.5. The van der Waals surface area contributed by atoms with E-state index in [0.717, 1.165) is 41.9 Å². The molecule has 5 rings (SSSR count). The van der Waals surface area contributed by atoms with E-state index in [0.29, 0.717) is 30.5 Å². The zero-order valence-corrected chi connectivity index (χ0v) is 20.5. The minimum atomic E-state index is -0.309. The number of H-pyrrole nitrogens is 1. The van der Waals surface area contributed by atoms with E-state index in [2.05, 4.69) is 26.5 Å². The first-order chi connectivity index (χ1) is 17.4. The molecular formula is C26H32N6O4. The highest BCUT2D eigenvalue weighted by atomic mass is 16.5. The third-order valence-electron chi connectivity index (χ3n) is 7.27. The van der Waals surface area contributed by atoms with E-state index in [1.54, 1.807) is 17.7 Å². The van der Waals surface area contributed by atoms with Gasteiger partial charge in [0, 0.05) is 30.3 Å². The number of aromatic nitrogens is 2. The van der Waals surface area contributed by atoms with Crippen LogP contribution >= 0.6 is 0 Å². The molecule has 10 nitrogen and oxygen atoms in total. The molecule has 1 aliphatic carbocycles. The summed E-state index contributed by atoms with van der Waals surface area (Å²) in [4.78, 5) is 41.4. The second-order valence-corrected chi connectivity index (χ2v) is 9.58. The quantitative estimate of drug-likeness (QED) is 0.360. The maximum atomic E-state index is 13.0. The van der Waals surface area contributed by atoms with Gasteiger partial charge in [-0.15, -0.1) is 0 Å². The standard InChI is InChI=1S/C26H32N6O4/c1-15-6-9-17(14-22(15)36-2)28-24(33)16-7-10-18(11-8-16)32-21-5-3-4-19(23(21)30-26(32)35)29-25(34)20-12-13-27-31-20/h3-6,9,14,16,18,20,27,31H,7-8,10-13H2,1-2H3,(H,28,33)(H,29,34)(H,30,35). The Morgan fingerprint density at radius 3 is 2.56 bits per heavy atom. The largest absolute Gasteiger partial charge is 0.496 e. The fourth-order valence-electron chi connectivity index (χ4n) is 5.25. The molecule has 1 saturated carbocycles. The summed E-state index contributed by atoms with van der Waals surface area (Å²) in [6.07, 6.45) is 3.52. The number of para-hydroxylation sites is 1. The summed E-state index contributed by atoms with van der Waals surface area (Å²) >= 11 is 0. The van der Waals surface area contributed by atoms with Gasteiger partial charge < -0.3 is 20.4 Å². The topological polar surface area (TPSA) is 129 Å². The Hall–Kier alpha value is -3.63. The maximum absolute atomic E-state index is 13.0. The molecule has 10 heteroatoms. The Morgan fingerprint density at radius 1 is 1.03 bits per heavy atom. The molecule has 1 aromatic heterocycles. The molecule has 2 aromatic carbocycles. The number of aromatic amines is 1. The molecule has 0 bridgehead atoms. The lowest BCUT2D eigenvalue weighted by Crippen LogP contribution is -2.39. The van der Waals surface area contributed by atoms with Crippen molar-refractivity contribution in [1.29, 1.82) is 0 Å². The number of benzene rings is 2. The predicted octanol–water partition coefficient (Wildman–Crippen LogP) is 2.82. The average molecular weight is 493 g/mol. The fraction of sp³-hybridized carbons (Fsp3) is 0.423. The van der Waals surface area contributed by atoms with Gasteiger partial charge in [0.1, 0.15) is 11.8 Å². The lowest BCUT2D eigenvalue weighted by atomic mass is 9.85. The van der Waals surface area contributed by atoms with Crippen LogP contribution in [-0.2, 0) is 9.59 Å². The van der Waals surface area contributed by atoms with Gasteiger partial charge in [0.05, 0.1) is 23.8 Å². The number of amides is 2. The molecule has 0 radical (unpaired) electrons. The van der Waals surface area contributed by atoms with Crippen molar-refractivity contribution in [3.8, 4) is 5.75 Å². The number of rotatable bonds is 6.